The van der Waals surface area contributed by atoms with Gasteiger partial charge in [0, 0.05) is 25.6 Å². The Balaban J connectivity index is 1.36. The number of nitrogens with zero attached hydrogens (tertiary/aromatic N) is 2. The molecule has 170 valence electrons. The molecule has 7 nitrogen and oxygen atoms in total. The minimum atomic E-state index is -4.47. The second kappa shape index (κ2) is 9.27. The fourth-order valence-electron chi connectivity index (χ4n) is 3.36. The molecule has 2 heterocycles. The van der Waals surface area contributed by atoms with Gasteiger partial charge in [-0.15, -0.1) is 0 Å². The lowest BCUT2D eigenvalue weighted by Gasteiger charge is -2.10. The normalized spacial score (nSPS) is 12.6. The standard InChI is InChI=1S/C23H19F3N4O3/c24-23(25,26)17-3-1-2-14(9-17)11-27-21(31)18-10-19(30-13-29-18)22(32)28-12-15-4-5-20-16(8-15)6-7-33-20/h1-5,8-10,13H,6-7,11-12H2,(H,27,31)(H,28,32). The Kier molecular flexibility index (Phi) is 6.25. The molecule has 0 aliphatic carbocycles. The number of rotatable bonds is 6. The number of halogens is 3. The van der Waals surface area contributed by atoms with E-state index in [1.807, 2.05) is 18.2 Å². The van der Waals surface area contributed by atoms with Crippen LogP contribution in [0.4, 0.5) is 13.2 Å². The number of fused-ring (bicyclic) bond motifs is 1. The quantitative estimate of drug-likeness (QED) is 0.594. The van der Waals surface area contributed by atoms with Crippen LogP contribution in [0, 0.1) is 0 Å². The lowest BCUT2D eigenvalue weighted by atomic mass is 10.1. The number of hydrogen-bond donors (Lipinski definition) is 2. The average Bonchev–Trinajstić information content (AvgIpc) is 3.28. The van der Waals surface area contributed by atoms with E-state index in [1.54, 1.807) is 0 Å². The van der Waals surface area contributed by atoms with E-state index in [-0.39, 0.29) is 30.0 Å². The first-order chi connectivity index (χ1) is 15.8. The topological polar surface area (TPSA) is 93.2 Å². The van der Waals surface area contributed by atoms with Gasteiger partial charge in [0.2, 0.25) is 0 Å². The minimum Gasteiger partial charge on any atom is -0.493 e. The number of nitrogens with one attached hydrogen (secondary N) is 2. The summed E-state index contributed by atoms with van der Waals surface area (Å²) < 4.78 is 44.0. The van der Waals surface area contributed by atoms with Crippen LogP contribution in [-0.4, -0.2) is 28.4 Å². The summed E-state index contributed by atoms with van der Waals surface area (Å²) in [6.45, 7) is 0.786. The van der Waals surface area contributed by atoms with Gasteiger partial charge in [0.1, 0.15) is 23.5 Å². The first-order valence-electron chi connectivity index (χ1n) is 10.1. The first kappa shape index (κ1) is 22.3. The Morgan fingerprint density at radius 1 is 0.909 bits per heavy atom. The Labute approximate surface area is 187 Å². The van der Waals surface area contributed by atoms with Gasteiger partial charge in [0.25, 0.3) is 11.8 Å². The van der Waals surface area contributed by atoms with E-state index < -0.39 is 23.6 Å². The van der Waals surface area contributed by atoms with Crippen LogP contribution in [0.3, 0.4) is 0 Å². The summed E-state index contributed by atoms with van der Waals surface area (Å²) in [7, 11) is 0. The summed E-state index contributed by atoms with van der Waals surface area (Å²) in [6, 6.07) is 11.6. The zero-order valence-electron chi connectivity index (χ0n) is 17.3. The second-order valence-electron chi connectivity index (χ2n) is 7.39. The van der Waals surface area contributed by atoms with Gasteiger partial charge < -0.3 is 15.4 Å². The lowest BCUT2D eigenvalue weighted by molar-refractivity contribution is -0.137. The molecule has 1 aliphatic heterocycles. The van der Waals surface area contributed by atoms with Crippen molar-refractivity contribution in [3.8, 4) is 5.75 Å². The van der Waals surface area contributed by atoms with E-state index in [0.717, 1.165) is 41.8 Å². The maximum Gasteiger partial charge on any atom is 0.416 e. The predicted octanol–water partition coefficient (Wildman–Crippen LogP) is 3.29. The molecule has 0 spiro atoms. The van der Waals surface area contributed by atoms with Gasteiger partial charge in [0.15, 0.2) is 0 Å². The number of hydrogen-bond acceptors (Lipinski definition) is 5. The van der Waals surface area contributed by atoms with Crippen LogP contribution < -0.4 is 15.4 Å². The van der Waals surface area contributed by atoms with Gasteiger partial charge in [-0.3, -0.25) is 9.59 Å². The third kappa shape index (κ3) is 5.46. The van der Waals surface area contributed by atoms with Crippen molar-refractivity contribution in [3.63, 3.8) is 0 Å². The molecule has 0 bridgehead atoms. The highest BCUT2D eigenvalue weighted by atomic mass is 19.4. The van der Waals surface area contributed by atoms with Crippen molar-refractivity contribution in [1.82, 2.24) is 20.6 Å². The van der Waals surface area contributed by atoms with Crippen molar-refractivity contribution < 1.29 is 27.5 Å². The summed E-state index contributed by atoms with van der Waals surface area (Å²) in [6.07, 6.45) is -2.56. The van der Waals surface area contributed by atoms with E-state index in [9.17, 15) is 22.8 Å². The molecule has 0 atom stereocenters. The van der Waals surface area contributed by atoms with Crippen LogP contribution in [0.5, 0.6) is 5.75 Å². The monoisotopic (exact) mass is 456 g/mol. The molecule has 0 unspecified atom stereocenters. The van der Waals surface area contributed by atoms with E-state index in [4.69, 9.17) is 4.74 Å². The fraction of sp³-hybridized carbons (Fsp3) is 0.217. The Hall–Kier alpha value is -3.95. The number of ether oxygens (including phenoxy) is 1. The summed E-state index contributed by atoms with van der Waals surface area (Å²) in [4.78, 5) is 32.6. The summed E-state index contributed by atoms with van der Waals surface area (Å²) in [5, 5.41) is 5.24. The summed E-state index contributed by atoms with van der Waals surface area (Å²) >= 11 is 0. The van der Waals surface area contributed by atoms with E-state index >= 15 is 0 Å². The van der Waals surface area contributed by atoms with E-state index in [1.165, 1.54) is 18.2 Å². The highest BCUT2D eigenvalue weighted by molar-refractivity contribution is 5.97. The molecule has 0 saturated carbocycles. The molecule has 3 aromatic rings. The molecular formula is C23H19F3N4O3. The molecule has 0 radical (unpaired) electrons. The van der Waals surface area contributed by atoms with Crippen molar-refractivity contribution in [3.05, 3.63) is 88.5 Å². The number of carbonyl (C=O) groups excluding carboxylic acids is 2. The molecular weight excluding hydrogens is 437 g/mol. The van der Waals surface area contributed by atoms with E-state index in [2.05, 4.69) is 20.6 Å². The van der Waals surface area contributed by atoms with Gasteiger partial charge in [-0.25, -0.2) is 9.97 Å². The van der Waals surface area contributed by atoms with Gasteiger partial charge in [0.05, 0.1) is 12.2 Å². The first-order valence-corrected chi connectivity index (χ1v) is 10.1. The third-order valence-electron chi connectivity index (χ3n) is 5.05. The Morgan fingerprint density at radius 3 is 2.24 bits per heavy atom. The Morgan fingerprint density at radius 2 is 1.58 bits per heavy atom. The van der Waals surface area contributed by atoms with E-state index in [0.29, 0.717) is 6.61 Å². The van der Waals surface area contributed by atoms with Crippen molar-refractivity contribution in [1.29, 1.82) is 0 Å². The van der Waals surface area contributed by atoms with Crippen LogP contribution in [-0.2, 0) is 25.7 Å². The van der Waals surface area contributed by atoms with Gasteiger partial charge in [-0.1, -0.05) is 24.3 Å². The van der Waals surface area contributed by atoms with Crippen LogP contribution in [0.15, 0.2) is 54.9 Å². The molecule has 4 rings (SSSR count). The van der Waals surface area contributed by atoms with Crippen LogP contribution in [0.2, 0.25) is 0 Å². The molecule has 1 aromatic heterocycles. The Bertz CT molecular complexity index is 1200. The van der Waals surface area contributed by atoms with Crippen LogP contribution >= 0.6 is 0 Å². The summed E-state index contributed by atoms with van der Waals surface area (Å²) in [5.74, 6) is -0.273. The molecule has 2 N–H and O–H groups in total. The van der Waals surface area contributed by atoms with Crippen molar-refractivity contribution in [2.45, 2.75) is 25.7 Å². The second-order valence-corrected chi connectivity index (χ2v) is 7.39. The maximum absolute atomic E-state index is 12.8. The van der Waals surface area contributed by atoms with Gasteiger partial charge in [-0.2, -0.15) is 13.2 Å². The molecule has 1 aliphatic rings. The maximum atomic E-state index is 12.8. The number of amides is 2. The zero-order chi connectivity index (χ0) is 23.4. The van der Waals surface area contributed by atoms with Crippen molar-refractivity contribution >= 4 is 11.8 Å². The molecule has 10 heteroatoms. The van der Waals surface area contributed by atoms with Crippen molar-refractivity contribution in [2.75, 3.05) is 6.61 Å². The lowest BCUT2D eigenvalue weighted by Crippen LogP contribution is -2.27. The van der Waals surface area contributed by atoms with Crippen LogP contribution in [0.25, 0.3) is 0 Å². The fourth-order valence-corrected chi connectivity index (χ4v) is 3.36. The highest BCUT2D eigenvalue weighted by Gasteiger charge is 2.30. The zero-order valence-corrected chi connectivity index (χ0v) is 17.3. The van der Waals surface area contributed by atoms with Crippen molar-refractivity contribution in [2.24, 2.45) is 0 Å². The van der Waals surface area contributed by atoms with Crippen LogP contribution in [0.1, 0.15) is 43.2 Å². The van der Waals surface area contributed by atoms with Gasteiger partial charge >= 0.3 is 6.18 Å². The molecule has 0 saturated heterocycles. The molecule has 33 heavy (non-hydrogen) atoms. The summed E-state index contributed by atoms with van der Waals surface area (Å²) in [5.41, 5.74) is 1.40. The third-order valence-corrected chi connectivity index (χ3v) is 5.05. The van der Waals surface area contributed by atoms with Gasteiger partial charge in [-0.05, 0) is 34.9 Å². The molecule has 2 amide bonds. The number of carbonyl (C=O) groups is 2. The SMILES string of the molecule is O=C(NCc1cccc(C(F)(F)F)c1)c1cc(C(=O)NCc2ccc3c(c2)CCO3)ncn1. The molecule has 0 fully saturated rings. The average molecular weight is 456 g/mol. The number of benzene rings is 2. The highest BCUT2D eigenvalue weighted by Crippen LogP contribution is 2.29. The largest absolute Gasteiger partial charge is 0.493 e. The minimum absolute atomic E-state index is 0.00119. The smallest absolute Gasteiger partial charge is 0.416 e. The number of alkyl halides is 3. The predicted molar refractivity (Wildman–Crippen MR) is 111 cm³/mol. The molecule has 2 aromatic carbocycles. The number of aromatic nitrogens is 2.